The summed E-state index contributed by atoms with van der Waals surface area (Å²) in [4.78, 5) is 0. The average Bonchev–Trinajstić information content (AvgIpc) is 2.43. The van der Waals surface area contributed by atoms with Gasteiger partial charge in [-0.15, -0.1) is 0 Å². The van der Waals surface area contributed by atoms with Crippen molar-refractivity contribution in [2.45, 2.75) is 20.3 Å². The lowest BCUT2D eigenvalue weighted by atomic mass is 9.89. The molecule has 0 unspecified atom stereocenters. The lowest BCUT2D eigenvalue weighted by Crippen LogP contribution is -2.24. The van der Waals surface area contributed by atoms with Crippen molar-refractivity contribution in [3.63, 3.8) is 0 Å². The van der Waals surface area contributed by atoms with E-state index in [0.29, 0.717) is 0 Å². The third kappa shape index (κ3) is 3.97. The van der Waals surface area contributed by atoms with Gasteiger partial charge in [-0.2, -0.15) is 0 Å². The molecule has 0 saturated carbocycles. The Morgan fingerprint density at radius 3 is 2.53 bits per heavy atom. The molecule has 0 radical (unpaired) electrons. The van der Waals surface area contributed by atoms with E-state index in [9.17, 15) is 0 Å². The molecule has 0 saturated heterocycles. The van der Waals surface area contributed by atoms with Gasteiger partial charge in [-0.25, -0.2) is 0 Å². The van der Waals surface area contributed by atoms with E-state index in [0.717, 1.165) is 19.6 Å². The van der Waals surface area contributed by atoms with E-state index in [1.165, 1.54) is 16.5 Å². The highest BCUT2D eigenvalue weighted by molar-refractivity contribution is 5.85. The van der Waals surface area contributed by atoms with Gasteiger partial charge in [0.2, 0.25) is 0 Å². The zero-order chi connectivity index (χ0) is 13.7. The molecule has 0 amide bonds. The van der Waals surface area contributed by atoms with Crippen LogP contribution in [0.5, 0.6) is 0 Å². The van der Waals surface area contributed by atoms with Crippen molar-refractivity contribution in [1.29, 1.82) is 0 Å². The highest BCUT2D eigenvalue weighted by Gasteiger charge is 2.17. The van der Waals surface area contributed by atoms with Crippen molar-refractivity contribution in [1.82, 2.24) is 0 Å². The zero-order valence-corrected chi connectivity index (χ0v) is 12.1. The van der Waals surface area contributed by atoms with Gasteiger partial charge in [0.25, 0.3) is 0 Å². The van der Waals surface area contributed by atoms with Gasteiger partial charge in [0.15, 0.2) is 0 Å². The number of fused-ring (bicyclic) bond motifs is 1. The third-order valence-corrected chi connectivity index (χ3v) is 3.50. The second-order valence-corrected chi connectivity index (χ2v) is 5.82. The molecule has 19 heavy (non-hydrogen) atoms. The summed E-state index contributed by atoms with van der Waals surface area (Å²) < 4.78 is 5.16. The molecule has 0 heterocycles. The molecule has 102 valence electrons. The van der Waals surface area contributed by atoms with E-state index in [1.807, 2.05) is 0 Å². The molecular formula is C17H23NO. The largest absolute Gasteiger partial charge is 0.385 e. The monoisotopic (exact) mass is 257 g/mol. The second kappa shape index (κ2) is 6.07. The molecule has 0 bridgehead atoms. The van der Waals surface area contributed by atoms with Crippen molar-refractivity contribution in [3.05, 3.63) is 42.5 Å². The Morgan fingerprint density at radius 1 is 1.05 bits per heavy atom. The summed E-state index contributed by atoms with van der Waals surface area (Å²) in [7, 11) is 1.76. The van der Waals surface area contributed by atoms with E-state index >= 15 is 0 Å². The van der Waals surface area contributed by atoms with Crippen LogP contribution in [0, 0.1) is 5.41 Å². The first-order valence-electron chi connectivity index (χ1n) is 6.82. The third-order valence-electron chi connectivity index (χ3n) is 3.50. The molecule has 0 atom stereocenters. The number of hydrogen-bond acceptors (Lipinski definition) is 2. The lowest BCUT2D eigenvalue weighted by molar-refractivity contribution is 0.157. The Labute approximate surface area is 115 Å². The molecular weight excluding hydrogens is 234 g/mol. The molecule has 2 heteroatoms. The van der Waals surface area contributed by atoms with E-state index in [4.69, 9.17) is 4.74 Å². The smallest absolute Gasteiger partial charge is 0.0468 e. The van der Waals surface area contributed by atoms with Gasteiger partial charge in [0.1, 0.15) is 0 Å². The minimum atomic E-state index is 0.238. The summed E-state index contributed by atoms with van der Waals surface area (Å²) in [6, 6.07) is 15.0. The normalized spacial score (nSPS) is 11.7. The zero-order valence-electron chi connectivity index (χ0n) is 12.1. The maximum Gasteiger partial charge on any atom is 0.0468 e. The fourth-order valence-electron chi connectivity index (χ4n) is 2.11. The fraction of sp³-hybridized carbons (Fsp3) is 0.412. The van der Waals surface area contributed by atoms with Crippen LogP contribution in [0.1, 0.15) is 20.3 Å². The lowest BCUT2D eigenvalue weighted by Gasteiger charge is -2.25. The molecule has 2 aromatic carbocycles. The van der Waals surface area contributed by atoms with Gasteiger partial charge in [-0.3, -0.25) is 0 Å². The molecule has 2 nitrogen and oxygen atoms in total. The predicted molar refractivity (Wildman–Crippen MR) is 82.7 cm³/mol. The second-order valence-electron chi connectivity index (χ2n) is 5.82. The quantitative estimate of drug-likeness (QED) is 0.832. The van der Waals surface area contributed by atoms with Gasteiger partial charge >= 0.3 is 0 Å². The number of methoxy groups -OCH3 is 1. The Kier molecular flexibility index (Phi) is 4.43. The number of nitrogens with one attached hydrogen (secondary N) is 1. The summed E-state index contributed by atoms with van der Waals surface area (Å²) >= 11 is 0. The Hall–Kier alpha value is -1.54. The van der Waals surface area contributed by atoms with Crippen LogP contribution in [0.3, 0.4) is 0 Å². The van der Waals surface area contributed by atoms with Crippen LogP contribution >= 0.6 is 0 Å². The fourth-order valence-corrected chi connectivity index (χ4v) is 2.11. The standard InChI is InChI=1S/C17H23NO/c1-17(2,10-11-19-3)13-18-16-9-8-14-6-4-5-7-15(14)12-16/h4-9,12,18H,10-11,13H2,1-3H3. The van der Waals surface area contributed by atoms with E-state index in [-0.39, 0.29) is 5.41 Å². The number of ether oxygens (including phenoxy) is 1. The molecule has 0 spiro atoms. The molecule has 0 aliphatic heterocycles. The Bertz CT molecular complexity index is 534. The van der Waals surface area contributed by atoms with Crippen LogP contribution < -0.4 is 5.32 Å². The minimum Gasteiger partial charge on any atom is -0.385 e. The van der Waals surface area contributed by atoms with Crippen LogP contribution in [-0.2, 0) is 4.74 Å². The van der Waals surface area contributed by atoms with Crippen molar-refractivity contribution >= 4 is 16.5 Å². The van der Waals surface area contributed by atoms with Crippen molar-refractivity contribution in [2.75, 3.05) is 25.6 Å². The SMILES string of the molecule is COCCC(C)(C)CNc1ccc2ccccc2c1. The first-order valence-corrected chi connectivity index (χ1v) is 6.82. The van der Waals surface area contributed by atoms with Gasteiger partial charge < -0.3 is 10.1 Å². The molecule has 0 aromatic heterocycles. The molecule has 2 aromatic rings. The predicted octanol–water partition coefficient (Wildman–Crippen LogP) is 4.31. The van der Waals surface area contributed by atoms with E-state index < -0.39 is 0 Å². The maximum absolute atomic E-state index is 5.16. The number of hydrogen-bond donors (Lipinski definition) is 1. The first kappa shape index (κ1) is 13.9. The minimum absolute atomic E-state index is 0.238. The number of benzene rings is 2. The van der Waals surface area contributed by atoms with Crippen molar-refractivity contribution in [3.8, 4) is 0 Å². The summed E-state index contributed by atoms with van der Waals surface area (Å²) in [6.45, 7) is 6.29. The van der Waals surface area contributed by atoms with Gasteiger partial charge in [-0.05, 0) is 34.7 Å². The average molecular weight is 257 g/mol. The van der Waals surface area contributed by atoms with Crippen LogP contribution in [0.15, 0.2) is 42.5 Å². The highest BCUT2D eigenvalue weighted by Crippen LogP contribution is 2.23. The number of anilines is 1. The summed E-state index contributed by atoms with van der Waals surface area (Å²) in [5.41, 5.74) is 1.42. The first-order chi connectivity index (χ1) is 9.11. The van der Waals surface area contributed by atoms with Crippen LogP contribution in [-0.4, -0.2) is 20.3 Å². The van der Waals surface area contributed by atoms with Crippen LogP contribution in [0.25, 0.3) is 10.8 Å². The molecule has 0 aliphatic carbocycles. The highest BCUT2D eigenvalue weighted by atomic mass is 16.5. The summed E-state index contributed by atoms with van der Waals surface area (Å²) in [6.07, 6.45) is 1.06. The molecule has 0 aliphatic rings. The summed E-state index contributed by atoms with van der Waals surface area (Å²) in [5.74, 6) is 0. The number of rotatable bonds is 6. The van der Waals surface area contributed by atoms with E-state index in [2.05, 4.69) is 61.6 Å². The van der Waals surface area contributed by atoms with Gasteiger partial charge in [-0.1, -0.05) is 44.2 Å². The molecule has 0 fully saturated rings. The van der Waals surface area contributed by atoms with E-state index in [1.54, 1.807) is 7.11 Å². The molecule has 2 rings (SSSR count). The maximum atomic E-state index is 5.16. The van der Waals surface area contributed by atoms with Crippen LogP contribution in [0.2, 0.25) is 0 Å². The van der Waals surface area contributed by atoms with Crippen molar-refractivity contribution in [2.24, 2.45) is 5.41 Å². The Morgan fingerprint density at radius 2 is 1.79 bits per heavy atom. The molecule has 1 N–H and O–H groups in total. The van der Waals surface area contributed by atoms with Gasteiger partial charge in [0.05, 0.1) is 0 Å². The van der Waals surface area contributed by atoms with Crippen LogP contribution in [0.4, 0.5) is 5.69 Å². The summed E-state index contributed by atoms with van der Waals surface area (Å²) in [5, 5.41) is 6.09. The topological polar surface area (TPSA) is 21.3 Å². The van der Waals surface area contributed by atoms with Gasteiger partial charge in [0, 0.05) is 25.9 Å². The Balaban J connectivity index is 2.01. The van der Waals surface area contributed by atoms with Crippen molar-refractivity contribution < 1.29 is 4.74 Å².